The second-order valence-electron chi connectivity index (χ2n) is 6.09. The van der Waals surface area contributed by atoms with Gasteiger partial charge in [0, 0.05) is 11.4 Å². The Hall–Kier alpha value is -2.34. The molecule has 5 nitrogen and oxygen atoms in total. The van der Waals surface area contributed by atoms with Crippen LogP contribution in [0.3, 0.4) is 0 Å². The minimum absolute atomic E-state index is 0.254. The zero-order valence-corrected chi connectivity index (χ0v) is 16.4. The summed E-state index contributed by atoms with van der Waals surface area (Å²) in [5.41, 5.74) is 2.19. The Kier molecular flexibility index (Phi) is 4.68. The van der Waals surface area contributed by atoms with Gasteiger partial charge < -0.3 is 4.98 Å². The van der Waals surface area contributed by atoms with Crippen LogP contribution >= 0.6 is 34.8 Å². The molecule has 0 aliphatic rings. The van der Waals surface area contributed by atoms with E-state index in [4.69, 9.17) is 34.8 Å². The van der Waals surface area contributed by atoms with Crippen LogP contribution in [0.4, 0.5) is 0 Å². The minimum Gasteiger partial charge on any atom is -0.310 e. The highest BCUT2D eigenvalue weighted by Crippen LogP contribution is 2.34. The third kappa shape index (κ3) is 3.34. The van der Waals surface area contributed by atoms with Crippen molar-refractivity contribution in [2.75, 3.05) is 0 Å². The highest BCUT2D eigenvalue weighted by Gasteiger charge is 2.21. The number of rotatable bonds is 3. The van der Waals surface area contributed by atoms with Gasteiger partial charge in [-0.05, 0) is 24.6 Å². The molecule has 136 valence electrons. The van der Waals surface area contributed by atoms with Crippen LogP contribution in [0.5, 0.6) is 0 Å². The summed E-state index contributed by atoms with van der Waals surface area (Å²) in [6.07, 6.45) is 0.473. The van der Waals surface area contributed by atoms with E-state index in [0.29, 0.717) is 49.7 Å². The molecule has 4 aromatic rings. The van der Waals surface area contributed by atoms with Crippen molar-refractivity contribution in [2.45, 2.75) is 13.3 Å². The van der Waals surface area contributed by atoms with Crippen molar-refractivity contribution in [2.24, 2.45) is 0 Å². The number of nitrogens with one attached hydrogen (secondary N) is 1. The number of halogens is 3. The first-order valence-corrected chi connectivity index (χ1v) is 9.25. The number of nitrogens with zero attached hydrogens (tertiary/aromatic N) is 3. The molecule has 0 atom stereocenters. The maximum absolute atomic E-state index is 12.6. The lowest BCUT2D eigenvalue weighted by molar-refractivity contribution is 0.858. The number of H-pyrrole nitrogens is 1. The van der Waals surface area contributed by atoms with E-state index in [9.17, 15) is 4.79 Å². The van der Waals surface area contributed by atoms with E-state index in [0.717, 1.165) is 5.56 Å². The van der Waals surface area contributed by atoms with E-state index >= 15 is 0 Å². The van der Waals surface area contributed by atoms with Crippen LogP contribution in [0, 0.1) is 6.92 Å². The maximum Gasteiger partial charge on any atom is 0.262 e. The van der Waals surface area contributed by atoms with Crippen molar-refractivity contribution in [3.8, 4) is 5.69 Å². The lowest BCUT2D eigenvalue weighted by Gasteiger charge is -2.08. The van der Waals surface area contributed by atoms with Gasteiger partial charge in [-0.15, -0.1) is 0 Å². The molecule has 0 spiro atoms. The Bertz CT molecular complexity index is 1190. The third-order valence-corrected chi connectivity index (χ3v) is 4.93. The summed E-state index contributed by atoms with van der Waals surface area (Å²) >= 11 is 18.8. The van der Waals surface area contributed by atoms with Crippen molar-refractivity contribution in [1.82, 2.24) is 19.7 Å². The predicted molar refractivity (Wildman–Crippen MR) is 109 cm³/mol. The number of hydrogen-bond donors (Lipinski definition) is 1. The molecule has 0 aliphatic heterocycles. The number of aromatic nitrogens is 4. The summed E-state index contributed by atoms with van der Waals surface area (Å²) in [4.78, 5) is 19.9. The Morgan fingerprint density at radius 1 is 1.07 bits per heavy atom. The fourth-order valence-electron chi connectivity index (χ4n) is 3.01. The maximum atomic E-state index is 12.6. The first-order valence-electron chi connectivity index (χ1n) is 8.11. The Morgan fingerprint density at radius 3 is 2.41 bits per heavy atom. The highest BCUT2D eigenvalue weighted by molar-refractivity contribution is 6.40. The summed E-state index contributed by atoms with van der Waals surface area (Å²) in [7, 11) is 0. The van der Waals surface area contributed by atoms with Gasteiger partial charge in [0.25, 0.3) is 5.56 Å². The highest BCUT2D eigenvalue weighted by atomic mass is 35.5. The van der Waals surface area contributed by atoms with E-state index in [-0.39, 0.29) is 5.56 Å². The van der Waals surface area contributed by atoms with Gasteiger partial charge in [0.15, 0.2) is 5.65 Å². The molecule has 0 unspecified atom stereocenters. The summed E-state index contributed by atoms with van der Waals surface area (Å²) < 4.78 is 1.51. The van der Waals surface area contributed by atoms with Crippen molar-refractivity contribution in [1.29, 1.82) is 0 Å². The van der Waals surface area contributed by atoms with Crippen molar-refractivity contribution >= 4 is 45.8 Å². The van der Waals surface area contributed by atoms with Crippen molar-refractivity contribution < 1.29 is 0 Å². The largest absolute Gasteiger partial charge is 0.310 e. The van der Waals surface area contributed by atoms with Gasteiger partial charge in [0.05, 0.1) is 15.7 Å². The average Bonchev–Trinajstić information content (AvgIpc) is 2.93. The Balaban J connectivity index is 2.01. The second kappa shape index (κ2) is 7.00. The summed E-state index contributed by atoms with van der Waals surface area (Å²) in [6.45, 7) is 1.71. The first kappa shape index (κ1) is 18.0. The molecule has 4 rings (SSSR count). The SMILES string of the molecule is Cc1nc2c(c(Cc3ccccc3)nn2-c2c(Cl)cc(Cl)cc2Cl)c(=O)[nH]1. The van der Waals surface area contributed by atoms with Gasteiger partial charge in [-0.1, -0.05) is 65.1 Å². The lowest BCUT2D eigenvalue weighted by atomic mass is 10.1. The van der Waals surface area contributed by atoms with E-state index in [1.54, 1.807) is 19.1 Å². The summed E-state index contributed by atoms with van der Waals surface area (Å²) in [6, 6.07) is 12.9. The molecule has 1 N–H and O–H groups in total. The van der Waals surface area contributed by atoms with Gasteiger partial charge in [0.2, 0.25) is 0 Å². The van der Waals surface area contributed by atoms with Crippen LogP contribution < -0.4 is 5.56 Å². The average molecular weight is 420 g/mol. The Morgan fingerprint density at radius 2 is 1.74 bits per heavy atom. The number of aromatic amines is 1. The molecule has 8 heteroatoms. The normalized spacial score (nSPS) is 11.3. The molecule has 27 heavy (non-hydrogen) atoms. The molecule has 0 aliphatic carbocycles. The molecule has 0 fully saturated rings. The van der Waals surface area contributed by atoms with E-state index in [2.05, 4.69) is 15.1 Å². The minimum atomic E-state index is -0.254. The number of hydrogen-bond acceptors (Lipinski definition) is 3. The standard InChI is InChI=1S/C19H13Cl3N4O/c1-10-23-18-16(19(27)24-10)15(7-11-5-3-2-4-6-11)25-26(18)17-13(21)8-12(20)9-14(17)22/h2-6,8-9H,7H2,1H3,(H,23,24,27). The first-order chi connectivity index (χ1) is 12.9. The molecule has 0 radical (unpaired) electrons. The zero-order chi connectivity index (χ0) is 19.1. The van der Waals surface area contributed by atoms with Crippen molar-refractivity contribution in [3.63, 3.8) is 0 Å². The topological polar surface area (TPSA) is 63.6 Å². The lowest BCUT2D eigenvalue weighted by Crippen LogP contribution is -2.11. The van der Waals surface area contributed by atoms with Crippen molar-refractivity contribution in [3.05, 3.63) is 85.0 Å². The summed E-state index contributed by atoms with van der Waals surface area (Å²) in [5.74, 6) is 0.473. The third-order valence-electron chi connectivity index (χ3n) is 4.14. The van der Waals surface area contributed by atoms with Gasteiger partial charge in [-0.25, -0.2) is 9.67 Å². The molecular weight excluding hydrogens is 407 g/mol. The molecule has 0 amide bonds. The van der Waals surface area contributed by atoms with Crippen LogP contribution in [0.1, 0.15) is 17.1 Å². The molecule has 0 bridgehead atoms. The summed E-state index contributed by atoms with van der Waals surface area (Å²) in [5, 5.41) is 6.10. The van der Waals surface area contributed by atoms with Gasteiger partial charge in [0.1, 0.15) is 16.9 Å². The molecule has 2 aromatic heterocycles. The fraction of sp³-hybridized carbons (Fsp3) is 0.105. The molecule has 2 aromatic carbocycles. The van der Waals surface area contributed by atoms with Gasteiger partial charge in [-0.2, -0.15) is 5.10 Å². The second-order valence-corrected chi connectivity index (χ2v) is 7.34. The van der Waals surface area contributed by atoms with Gasteiger partial charge in [-0.3, -0.25) is 4.79 Å². The smallest absolute Gasteiger partial charge is 0.262 e. The number of fused-ring (bicyclic) bond motifs is 1. The van der Waals surface area contributed by atoms with Crippen LogP contribution in [-0.4, -0.2) is 19.7 Å². The van der Waals surface area contributed by atoms with E-state index in [1.807, 2.05) is 30.3 Å². The van der Waals surface area contributed by atoms with E-state index in [1.165, 1.54) is 4.68 Å². The number of benzene rings is 2. The fourth-order valence-corrected chi connectivity index (χ4v) is 3.99. The predicted octanol–water partition coefficient (Wildman–Crippen LogP) is 4.97. The monoisotopic (exact) mass is 418 g/mol. The molecule has 0 saturated heterocycles. The van der Waals surface area contributed by atoms with Crippen LogP contribution in [-0.2, 0) is 6.42 Å². The van der Waals surface area contributed by atoms with Crippen LogP contribution in [0.2, 0.25) is 15.1 Å². The van der Waals surface area contributed by atoms with Crippen LogP contribution in [0.15, 0.2) is 47.3 Å². The zero-order valence-electron chi connectivity index (χ0n) is 14.1. The number of aryl methyl sites for hydroxylation is 1. The quantitative estimate of drug-likeness (QED) is 0.510. The van der Waals surface area contributed by atoms with Gasteiger partial charge >= 0.3 is 0 Å². The molecule has 2 heterocycles. The molecular formula is C19H13Cl3N4O. The Labute approximate surface area is 169 Å². The van der Waals surface area contributed by atoms with E-state index < -0.39 is 0 Å². The van der Waals surface area contributed by atoms with Crippen LogP contribution in [0.25, 0.3) is 16.7 Å². The molecule has 0 saturated carbocycles.